The molecule has 0 saturated carbocycles. The van der Waals surface area contributed by atoms with E-state index in [2.05, 4.69) is 5.32 Å². The Kier molecular flexibility index (Phi) is 6.77. The van der Waals surface area contributed by atoms with Crippen LogP contribution >= 0.6 is 0 Å². The number of hydrogen-bond donors (Lipinski definition) is 1. The number of amides is 3. The fraction of sp³-hybridized carbons (Fsp3) is 0.231. The van der Waals surface area contributed by atoms with Gasteiger partial charge in [0.2, 0.25) is 0 Å². The van der Waals surface area contributed by atoms with Crippen LogP contribution in [0.25, 0.3) is 0 Å². The molecule has 1 saturated heterocycles. The second-order valence-corrected chi connectivity index (χ2v) is 8.12. The van der Waals surface area contributed by atoms with Gasteiger partial charge in [-0.25, -0.2) is 13.6 Å². The molecule has 0 bridgehead atoms. The molecule has 1 N–H and O–H groups in total. The molecule has 4 rings (SSSR count). The number of ether oxygens (including phenoxy) is 1. The highest BCUT2D eigenvalue weighted by Crippen LogP contribution is 2.31. The van der Waals surface area contributed by atoms with Crippen LogP contribution in [0.1, 0.15) is 27.9 Å². The third kappa shape index (κ3) is 4.85. The van der Waals surface area contributed by atoms with Crippen LogP contribution in [0.4, 0.5) is 25.0 Å². The van der Waals surface area contributed by atoms with Crippen LogP contribution < -0.4 is 15.0 Å². The van der Waals surface area contributed by atoms with E-state index in [1.165, 1.54) is 12.0 Å². The van der Waals surface area contributed by atoms with E-state index < -0.39 is 11.6 Å². The zero-order valence-corrected chi connectivity index (χ0v) is 19.0. The van der Waals surface area contributed by atoms with Crippen molar-refractivity contribution >= 4 is 23.3 Å². The van der Waals surface area contributed by atoms with Crippen molar-refractivity contribution in [3.63, 3.8) is 0 Å². The number of urea groups is 1. The number of nitrogens with zero attached hydrogens (tertiary/aromatic N) is 2. The van der Waals surface area contributed by atoms with Crippen LogP contribution in [-0.2, 0) is 6.54 Å². The number of carbonyl (C=O) groups is 2. The second-order valence-electron chi connectivity index (χ2n) is 8.12. The largest absolute Gasteiger partial charge is 0.496 e. The molecular weight excluding hydrogens is 440 g/mol. The lowest BCUT2D eigenvalue weighted by Crippen LogP contribution is -2.49. The van der Waals surface area contributed by atoms with Crippen LogP contribution in [0, 0.1) is 18.6 Å². The topological polar surface area (TPSA) is 61.9 Å². The first-order chi connectivity index (χ1) is 16.4. The standard InChI is InChI=1S/C26H25F2N3O3/c1-17-8-11-23(22(14-17)29-25(32)20-6-3-4-7-24(20)34-2)31-13-5-12-30(26(31)33)16-18-15-19(27)9-10-21(18)28/h3-4,6-11,14-15H,5,12-13,16H2,1-2H3,(H,29,32). The SMILES string of the molecule is COc1ccccc1C(=O)Nc1cc(C)ccc1N1CCCN(Cc2cc(F)ccc2F)C1=O. The van der Waals surface area contributed by atoms with Gasteiger partial charge in [0, 0.05) is 18.7 Å². The van der Waals surface area contributed by atoms with E-state index >= 15 is 0 Å². The van der Waals surface area contributed by atoms with E-state index in [9.17, 15) is 18.4 Å². The molecular formula is C26H25F2N3O3. The molecule has 3 aromatic rings. The summed E-state index contributed by atoms with van der Waals surface area (Å²) < 4.78 is 33.1. The third-order valence-corrected chi connectivity index (χ3v) is 5.72. The summed E-state index contributed by atoms with van der Waals surface area (Å²) in [5, 5.41) is 2.90. The first-order valence-corrected chi connectivity index (χ1v) is 10.9. The first kappa shape index (κ1) is 23.2. The molecule has 34 heavy (non-hydrogen) atoms. The molecule has 8 heteroatoms. The molecule has 1 fully saturated rings. The number of hydrogen-bond acceptors (Lipinski definition) is 3. The fourth-order valence-electron chi connectivity index (χ4n) is 4.03. The number of carbonyl (C=O) groups excluding carboxylic acids is 2. The van der Waals surface area contributed by atoms with Crippen LogP contribution in [0.15, 0.2) is 60.7 Å². The number of nitrogens with one attached hydrogen (secondary N) is 1. The number of benzene rings is 3. The van der Waals surface area contributed by atoms with E-state index in [4.69, 9.17) is 4.74 Å². The van der Waals surface area contributed by atoms with Crippen molar-refractivity contribution in [2.75, 3.05) is 30.4 Å². The zero-order chi connectivity index (χ0) is 24.2. The second kappa shape index (κ2) is 9.91. The molecule has 176 valence electrons. The van der Waals surface area contributed by atoms with Gasteiger partial charge < -0.3 is 15.0 Å². The predicted octanol–water partition coefficient (Wildman–Crippen LogP) is 5.37. The van der Waals surface area contributed by atoms with Gasteiger partial charge in [-0.1, -0.05) is 18.2 Å². The summed E-state index contributed by atoms with van der Waals surface area (Å²) in [7, 11) is 1.49. The summed E-state index contributed by atoms with van der Waals surface area (Å²) in [5.74, 6) is -1.05. The maximum Gasteiger partial charge on any atom is 0.324 e. The predicted molar refractivity (Wildman–Crippen MR) is 126 cm³/mol. The summed E-state index contributed by atoms with van der Waals surface area (Å²) in [6, 6.07) is 15.2. The molecule has 6 nitrogen and oxygen atoms in total. The molecule has 0 spiro atoms. The quantitative estimate of drug-likeness (QED) is 0.533. The average molecular weight is 466 g/mol. The Balaban J connectivity index is 1.60. The Hall–Kier alpha value is -3.94. The molecule has 3 amide bonds. The summed E-state index contributed by atoms with van der Waals surface area (Å²) in [4.78, 5) is 29.4. The van der Waals surface area contributed by atoms with E-state index in [0.29, 0.717) is 42.2 Å². The summed E-state index contributed by atoms with van der Waals surface area (Å²) in [6.45, 7) is 2.69. The monoisotopic (exact) mass is 465 g/mol. The van der Waals surface area contributed by atoms with Gasteiger partial charge in [0.05, 0.1) is 30.6 Å². The third-order valence-electron chi connectivity index (χ3n) is 5.72. The number of para-hydroxylation sites is 1. The van der Waals surface area contributed by atoms with Crippen molar-refractivity contribution in [1.29, 1.82) is 0 Å². The lowest BCUT2D eigenvalue weighted by Gasteiger charge is -2.36. The summed E-state index contributed by atoms with van der Waals surface area (Å²) >= 11 is 0. The molecule has 0 unspecified atom stereocenters. The van der Waals surface area contributed by atoms with Crippen LogP contribution in [0.5, 0.6) is 5.75 Å². The summed E-state index contributed by atoms with van der Waals surface area (Å²) in [6.07, 6.45) is 0.635. The zero-order valence-electron chi connectivity index (χ0n) is 19.0. The molecule has 0 aromatic heterocycles. The number of methoxy groups -OCH3 is 1. The Morgan fingerprint density at radius 1 is 1.06 bits per heavy atom. The maximum atomic E-state index is 14.2. The van der Waals surface area contributed by atoms with Crippen molar-refractivity contribution in [3.8, 4) is 5.75 Å². The number of aryl methyl sites for hydroxylation is 1. The van der Waals surface area contributed by atoms with Gasteiger partial charge in [0.1, 0.15) is 17.4 Å². The van der Waals surface area contributed by atoms with Crippen molar-refractivity contribution in [2.24, 2.45) is 0 Å². The Morgan fingerprint density at radius 3 is 2.65 bits per heavy atom. The van der Waals surface area contributed by atoms with Gasteiger partial charge >= 0.3 is 6.03 Å². The van der Waals surface area contributed by atoms with Gasteiger partial charge in [-0.3, -0.25) is 9.69 Å². The Morgan fingerprint density at radius 2 is 1.85 bits per heavy atom. The molecule has 1 heterocycles. The normalized spacial score (nSPS) is 13.7. The molecule has 3 aromatic carbocycles. The van der Waals surface area contributed by atoms with Crippen molar-refractivity contribution < 1.29 is 23.1 Å². The highest BCUT2D eigenvalue weighted by Gasteiger charge is 2.29. The Labute approximate surface area is 196 Å². The van der Waals surface area contributed by atoms with Crippen molar-refractivity contribution in [2.45, 2.75) is 19.9 Å². The van der Waals surface area contributed by atoms with Gasteiger partial charge in [0.15, 0.2) is 0 Å². The van der Waals surface area contributed by atoms with Gasteiger partial charge in [-0.05, 0) is 61.4 Å². The first-order valence-electron chi connectivity index (χ1n) is 10.9. The molecule has 0 radical (unpaired) electrons. The minimum absolute atomic E-state index is 0.0479. The lowest BCUT2D eigenvalue weighted by molar-refractivity contribution is 0.102. The minimum Gasteiger partial charge on any atom is -0.496 e. The molecule has 0 atom stereocenters. The van der Waals surface area contributed by atoms with Crippen LogP contribution in [0.2, 0.25) is 0 Å². The van der Waals surface area contributed by atoms with Gasteiger partial charge in [0.25, 0.3) is 5.91 Å². The number of anilines is 2. The number of halogens is 2. The Bertz CT molecular complexity index is 1230. The van der Waals surface area contributed by atoms with Crippen LogP contribution in [0.3, 0.4) is 0 Å². The average Bonchev–Trinajstić information content (AvgIpc) is 2.83. The maximum absolute atomic E-state index is 14.2. The van der Waals surface area contributed by atoms with E-state index in [1.54, 1.807) is 41.3 Å². The molecule has 0 aliphatic carbocycles. The highest BCUT2D eigenvalue weighted by atomic mass is 19.1. The van der Waals surface area contributed by atoms with Gasteiger partial charge in [-0.2, -0.15) is 0 Å². The number of rotatable bonds is 6. The smallest absolute Gasteiger partial charge is 0.324 e. The molecule has 1 aliphatic heterocycles. The van der Waals surface area contributed by atoms with E-state index in [0.717, 1.165) is 23.8 Å². The fourth-order valence-corrected chi connectivity index (χ4v) is 4.03. The van der Waals surface area contributed by atoms with E-state index in [-0.39, 0.29) is 24.0 Å². The van der Waals surface area contributed by atoms with Gasteiger partial charge in [-0.15, -0.1) is 0 Å². The minimum atomic E-state index is -0.563. The summed E-state index contributed by atoms with van der Waals surface area (Å²) in [5.41, 5.74) is 2.39. The van der Waals surface area contributed by atoms with Crippen molar-refractivity contribution in [1.82, 2.24) is 4.90 Å². The van der Waals surface area contributed by atoms with Crippen LogP contribution in [-0.4, -0.2) is 37.0 Å². The molecule has 1 aliphatic rings. The highest BCUT2D eigenvalue weighted by molar-refractivity contribution is 6.09. The van der Waals surface area contributed by atoms with E-state index in [1.807, 2.05) is 13.0 Å². The van der Waals surface area contributed by atoms with Crippen molar-refractivity contribution in [3.05, 3.63) is 89.0 Å². The lowest BCUT2D eigenvalue weighted by atomic mass is 10.1.